The van der Waals surface area contributed by atoms with E-state index in [4.69, 9.17) is 5.73 Å². The molecule has 0 aliphatic carbocycles. The summed E-state index contributed by atoms with van der Waals surface area (Å²) < 4.78 is 15.7. The minimum atomic E-state index is -0.748. The number of piperazine rings is 1. The van der Waals surface area contributed by atoms with Crippen LogP contribution in [0.3, 0.4) is 0 Å². The molecule has 2 fully saturated rings. The van der Waals surface area contributed by atoms with E-state index in [0.29, 0.717) is 59.2 Å². The number of piperidine rings is 1. The van der Waals surface area contributed by atoms with E-state index in [-0.39, 0.29) is 23.4 Å². The summed E-state index contributed by atoms with van der Waals surface area (Å²) in [4.78, 5) is 46.6. The van der Waals surface area contributed by atoms with Gasteiger partial charge in [0.25, 0.3) is 17.7 Å². The monoisotopic (exact) mass is 518 g/mol. The molecule has 2 aromatic carbocycles. The molecule has 3 amide bonds. The number of nitrogens with two attached hydrogens (primary N) is 1. The summed E-state index contributed by atoms with van der Waals surface area (Å²) in [6, 6.07) is 6.27. The molecule has 0 spiro atoms. The first-order valence-corrected chi connectivity index (χ1v) is 12.8. The SMILES string of the molecule is CC#CC(=O)N[C@H]1CCCN(c2c(F)cc(C(N)=O)c3[nH]c4cc(C(=O)N5CCN(C)CC5)ccc4c23)C1. The number of nitrogens with one attached hydrogen (secondary N) is 2. The van der Waals surface area contributed by atoms with E-state index in [9.17, 15) is 14.4 Å². The van der Waals surface area contributed by atoms with Crippen molar-refractivity contribution in [2.45, 2.75) is 25.8 Å². The summed E-state index contributed by atoms with van der Waals surface area (Å²) in [7, 11) is 2.03. The van der Waals surface area contributed by atoms with Gasteiger partial charge in [-0.2, -0.15) is 0 Å². The highest BCUT2D eigenvalue weighted by atomic mass is 19.1. The Morgan fingerprint density at radius 2 is 1.89 bits per heavy atom. The lowest BCUT2D eigenvalue weighted by molar-refractivity contribution is -0.116. The van der Waals surface area contributed by atoms with Crippen LogP contribution in [0.25, 0.3) is 21.8 Å². The predicted octanol–water partition coefficient (Wildman–Crippen LogP) is 2.06. The summed E-state index contributed by atoms with van der Waals surface area (Å²) in [5, 5.41) is 4.12. The molecule has 3 heterocycles. The highest BCUT2D eigenvalue weighted by Gasteiger charge is 2.28. The molecule has 1 atom stereocenters. The van der Waals surface area contributed by atoms with Crippen molar-refractivity contribution in [3.63, 3.8) is 0 Å². The Kier molecular flexibility index (Phi) is 6.95. The summed E-state index contributed by atoms with van der Waals surface area (Å²) in [5.74, 6) is 3.34. The van der Waals surface area contributed by atoms with Gasteiger partial charge < -0.3 is 30.7 Å². The van der Waals surface area contributed by atoms with Crippen molar-refractivity contribution < 1.29 is 18.8 Å². The van der Waals surface area contributed by atoms with Gasteiger partial charge in [0.2, 0.25) is 0 Å². The lowest BCUT2D eigenvalue weighted by atomic mass is 10.00. The van der Waals surface area contributed by atoms with E-state index in [1.807, 2.05) is 16.8 Å². The van der Waals surface area contributed by atoms with Crippen molar-refractivity contribution in [3.05, 3.63) is 41.2 Å². The number of rotatable bonds is 4. The Labute approximate surface area is 220 Å². The number of hydrogen-bond acceptors (Lipinski definition) is 5. The van der Waals surface area contributed by atoms with Crippen LogP contribution in [0.2, 0.25) is 0 Å². The van der Waals surface area contributed by atoms with Gasteiger partial charge in [-0.05, 0) is 50.9 Å². The Morgan fingerprint density at radius 3 is 2.61 bits per heavy atom. The number of hydrogen-bond donors (Lipinski definition) is 3. The smallest absolute Gasteiger partial charge is 0.296 e. The van der Waals surface area contributed by atoms with Crippen LogP contribution in [-0.2, 0) is 4.79 Å². The van der Waals surface area contributed by atoms with E-state index in [2.05, 4.69) is 27.0 Å². The minimum Gasteiger partial charge on any atom is -0.367 e. The van der Waals surface area contributed by atoms with Crippen LogP contribution in [0.15, 0.2) is 24.3 Å². The topological polar surface area (TPSA) is 115 Å². The molecular weight excluding hydrogens is 487 g/mol. The van der Waals surface area contributed by atoms with Gasteiger partial charge in [0, 0.05) is 67.2 Å². The maximum Gasteiger partial charge on any atom is 0.296 e. The number of likely N-dealkylation sites (N-methyl/N-ethyl adjacent to an activating group) is 1. The zero-order chi connectivity index (χ0) is 27.0. The first-order valence-electron chi connectivity index (χ1n) is 12.8. The summed E-state index contributed by atoms with van der Waals surface area (Å²) in [6.07, 6.45) is 1.50. The van der Waals surface area contributed by atoms with Crippen LogP contribution >= 0.6 is 0 Å². The molecule has 3 aromatic rings. The number of H-pyrrole nitrogens is 1. The van der Waals surface area contributed by atoms with Crippen molar-refractivity contribution in [2.24, 2.45) is 5.73 Å². The van der Waals surface area contributed by atoms with E-state index in [1.54, 1.807) is 25.1 Å². The third kappa shape index (κ3) is 4.77. The second-order valence-corrected chi connectivity index (χ2v) is 9.98. The lowest BCUT2D eigenvalue weighted by Crippen LogP contribution is -2.47. The molecule has 0 unspecified atom stereocenters. The average Bonchev–Trinajstić information content (AvgIpc) is 3.27. The maximum absolute atomic E-state index is 15.7. The molecule has 9 nitrogen and oxygen atoms in total. The second-order valence-electron chi connectivity index (χ2n) is 9.98. The Bertz CT molecular complexity index is 1500. The molecule has 0 bridgehead atoms. The molecule has 10 heteroatoms. The zero-order valence-corrected chi connectivity index (χ0v) is 21.6. The number of amides is 3. The second kappa shape index (κ2) is 10.3. The summed E-state index contributed by atoms with van der Waals surface area (Å²) in [5.41, 5.74) is 7.58. The average molecular weight is 519 g/mol. The Morgan fingerprint density at radius 1 is 1.13 bits per heavy atom. The van der Waals surface area contributed by atoms with Crippen LogP contribution in [-0.4, -0.2) is 84.9 Å². The minimum absolute atomic E-state index is 0.0458. The molecule has 4 N–H and O–H groups in total. The molecule has 198 valence electrons. The number of carbonyl (C=O) groups excluding carboxylic acids is 3. The highest BCUT2D eigenvalue weighted by molar-refractivity contribution is 6.20. The molecule has 2 saturated heterocycles. The molecule has 0 saturated carbocycles. The number of carbonyl (C=O) groups is 3. The first-order chi connectivity index (χ1) is 18.3. The van der Waals surface area contributed by atoms with Crippen molar-refractivity contribution >= 4 is 45.2 Å². The molecule has 2 aliphatic heterocycles. The van der Waals surface area contributed by atoms with E-state index in [0.717, 1.165) is 32.0 Å². The molecule has 5 rings (SSSR count). The highest BCUT2D eigenvalue weighted by Crippen LogP contribution is 2.39. The van der Waals surface area contributed by atoms with E-state index < -0.39 is 11.7 Å². The predicted molar refractivity (Wildman–Crippen MR) is 145 cm³/mol. The van der Waals surface area contributed by atoms with Gasteiger partial charge in [-0.15, -0.1) is 0 Å². The molecule has 1 aromatic heterocycles. The number of fused-ring (bicyclic) bond motifs is 3. The number of benzene rings is 2. The molecule has 38 heavy (non-hydrogen) atoms. The maximum atomic E-state index is 15.7. The number of primary amides is 1. The van der Waals surface area contributed by atoms with Crippen LogP contribution in [0.5, 0.6) is 0 Å². The number of aromatic amines is 1. The fraction of sp³-hybridized carbons (Fsp3) is 0.393. The van der Waals surface area contributed by atoms with E-state index in [1.165, 1.54) is 0 Å². The van der Waals surface area contributed by atoms with Gasteiger partial charge in [-0.25, -0.2) is 4.39 Å². The first kappa shape index (κ1) is 25.5. The zero-order valence-electron chi connectivity index (χ0n) is 21.6. The number of nitrogens with zero attached hydrogens (tertiary/aromatic N) is 3. The number of halogens is 1. The standard InChI is InChI=1S/C28H31FN6O3/c1-3-5-23(36)31-18-6-4-9-35(16-18)26-21(29)15-20(27(30)37)25-24(26)19-8-7-17(14-22(19)32-25)28(38)34-12-10-33(2)11-13-34/h7-8,14-15,18,32H,4,6,9-13,16H2,1-2H3,(H2,30,37)(H,31,36)/t18-/m0/s1. The van der Waals surface area contributed by atoms with Crippen molar-refractivity contribution in [3.8, 4) is 11.8 Å². The number of anilines is 1. The summed E-state index contributed by atoms with van der Waals surface area (Å²) in [6.45, 7) is 5.50. The Balaban J connectivity index is 1.57. The van der Waals surface area contributed by atoms with Gasteiger partial charge in [-0.1, -0.05) is 12.0 Å². The number of aromatic nitrogens is 1. The van der Waals surface area contributed by atoms with Crippen LogP contribution in [0.1, 0.15) is 40.5 Å². The fourth-order valence-electron chi connectivity index (χ4n) is 5.49. The molecule has 0 radical (unpaired) electrons. The van der Waals surface area contributed by atoms with Gasteiger partial charge in [0.05, 0.1) is 16.8 Å². The lowest BCUT2D eigenvalue weighted by Gasteiger charge is -2.35. The van der Waals surface area contributed by atoms with Crippen LogP contribution in [0, 0.1) is 17.7 Å². The quantitative estimate of drug-likeness (QED) is 0.458. The van der Waals surface area contributed by atoms with Gasteiger partial charge in [0.15, 0.2) is 0 Å². The third-order valence-corrected chi connectivity index (χ3v) is 7.42. The van der Waals surface area contributed by atoms with Crippen molar-refractivity contribution in [1.29, 1.82) is 0 Å². The van der Waals surface area contributed by atoms with Gasteiger partial charge in [0.1, 0.15) is 5.82 Å². The van der Waals surface area contributed by atoms with Crippen LogP contribution in [0.4, 0.5) is 10.1 Å². The van der Waals surface area contributed by atoms with Crippen molar-refractivity contribution in [1.82, 2.24) is 20.1 Å². The summed E-state index contributed by atoms with van der Waals surface area (Å²) >= 11 is 0. The Hall–Kier alpha value is -4.10. The molecule has 2 aliphatic rings. The van der Waals surface area contributed by atoms with E-state index >= 15 is 4.39 Å². The normalized spacial score (nSPS) is 18.3. The molecular formula is C28H31FN6O3. The third-order valence-electron chi connectivity index (χ3n) is 7.42. The largest absolute Gasteiger partial charge is 0.367 e. The fourth-order valence-corrected chi connectivity index (χ4v) is 5.49. The van der Waals surface area contributed by atoms with Gasteiger partial charge in [-0.3, -0.25) is 14.4 Å². The van der Waals surface area contributed by atoms with Crippen molar-refractivity contribution in [2.75, 3.05) is 51.2 Å². The van der Waals surface area contributed by atoms with Gasteiger partial charge >= 0.3 is 0 Å². The van der Waals surface area contributed by atoms with Crippen LogP contribution < -0.4 is 16.0 Å².